The summed E-state index contributed by atoms with van der Waals surface area (Å²) in [6.45, 7) is 2.48. The van der Waals surface area contributed by atoms with Gasteiger partial charge in [-0.05, 0) is 26.3 Å². The molecule has 5 nitrogen and oxygen atoms in total. The zero-order valence-electron chi connectivity index (χ0n) is 10.1. The summed E-state index contributed by atoms with van der Waals surface area (Å²) in [6.07, 6.45) is 2.76. The van der Waals surface area contributed by atoms with Crippen molar-refractivity contribution in [2.75, 3.05) is 33.9 Å². The number of hydrogen-bond acceptors (Lipinski definition) is 5. The average Bonchev–Trinajstić information content (AvgIpc) is 2.35. The molecule has 1 aliphatic heterocycles. The molecule has 0 aromatic heterocycles. The van der Waals surface area contributed by atoms with Gasteiger partial charge in [0.1, 0.15) is 6.04 Å². The number of nitrogens with zero attached hydrogens (tertiary/aromatic N) is 1. The molecule has 94 valence electrons. The summed E-state index contributed by atoms with van der Waals surface area (Å²) in [5.74, 6) is -0.333. The molecule has 1 unspecified atom stereocenters. The van der Waals surface area contributed by atoms with Gasteiger partial charge in [0.25, 0.3) is 0 Å². The maximum Gasteiger partial charge on any atom is 0.322 e. The van der Waals surface area contributed by atoms with E-state index in [2.05, 4.69) is 16.7 Å². The van der Waals surface area contributed by atoms with Gasteiger partial charge in [0, 0.05) is 25.8 Å². The van der Waals surface area contributed by atoms with Crippen molar-refractivity contribution in [2.24, 2.45) is 5.73 Å². The largest absolute Gasteiger partial charge is 0.468 e. The van der Waals surface area contributed by atoms with Crippen LogP contribution in [0.15, 0.2) is 0 Å². The summed E-state index contributed by atoms with van der Waals surface area (Å²) in [6, 6.07) is 0.0471. The fourth-order valence-electron chi connectivity index (χ4n) is 1.92. The highest BCUT2D eigenvalue weighted by Crippen LogP contribution is 2.13. The number of carbonyl (C=O) groups is 1. The van der Waals surface area contributed by atoms with Gasteiger partial charge < -0.3 is 20.1 Å². The third kappa shape index (κ3) is 4.08. The fraction of sp³-hybridized carbons (Fsp3) is 0.909. The summed E-state index contributed by atoms with van der Waals surface area (Å²) < 4.78 is 9.89. The minimum Gasteiger partial charge on any atom is -0.468 e. The lowest BCUT2D eigenvalue weighted by Gasteiger charge is -2.31. The van der Waals surface area contributed by atoms with Crippen LogP contribution in [0, 0.1) is 0 Å². The van der Waals surface area contributed by atoms with Crippen LogP contribution in [-0.4, -0.2) is 56.9 Å². The first-order valence-electron chi connectivity index (χ1n) is 5.76. The van der Waals surface area contributed by atoms with Gasteiger partial charge in [0.05, 0.1) is 7.11 Å². The van der Waals surface area contributed by atoms with Gasteiger partial charge in [-0.1, -0.05) is 0 Å². The Morgan fingerprint density at radius 2 is 2.19 bits per heavy atom. The molecule has 1 aliphatic rings. The van der Waals surface area contributed by atoms with E-state index in [4.69, 9.17) is 10.5 Å². The second-order valence-electron chi connectivity index (χ2n) is 4.24. The molecule has 1 atom stereocenters. The SMILES string of the molecule is COC(=O)C(N)CCN(C)C1CCOCC1. The number of methoxy groups -OCH3 is 1. The van der Waals surface area contributed by atoms with Gasteiger partial charge in [0.2, 0.25) is 0 Å². The molecule has 0 amide bonds. The van der Waals surface area contributed by atoms with Gasteiger partial charge in [-0.25, -0.2) is 0 Å². The molecule has 0 saturated carbocycles. The molecule has 0 aliphatic carbocycles. The van der Waals surface area contributed by atoms with Crippen LogP contribution in [0.3, 0.4) is 0 Å². The predicted molar refractivity (Wildman–Crippen MR) is 61.1 cm³/mol. The lowest BCUT2D eigenvalue weighted by atomic mass is 10.1. The zero-order chi connectivity index (χ0) is 12.0. The summed E-state index contributed by atoms with van der Waals surface area (Å²) in [5, 5.41) is 0. The standard InChI is InChI=1S/C11H22N2O3/c1-13(9-4-7-16-8-5-9)6-3-10(12)11(14)15-2/h9-10H,3-8,12H2,1-2H3. The van der Waals surface area contributed by atoms with Gasteiger partial charge >= 0.3 is 5.97 Å². The Morgan fingerprint density at radius 3 is 2.75 bits per heavy atom. The fourth-order valence-corrected chi connectivity index (χ4v) is 1.92. The number of nitrogens with two attached hydrogens (primary N) is 1. The van der Waals surface area contributed by atoms with Crippen LogP contribution in [0.5, 0.6) is 0 Å². The predicted octanol–water partition coefficient (Wildman–Crippen LogP) is -0.0124. The lowest BCUT2D eigenvalue weighted by Crippen LogP contribution is -2.41. The topological polar surface area (TPSA) is 64.8 Å². The van der Waals surface area contributed by atoms with Crippen molar-refractivity contribution in [1.82, 2.24) is 4.90 Å². The molecule has 1 saturated heterocycles. The molecule has 1 heterocycles. The van der Waals surface area contributed by atoms with Crippen molar-refractivity contribution < 1.29 is 14.3 Å². The number of rotatable bonds is 5. The first-order chi connectivity index (χ1) is 7.65. The highest BCUT2D eigenvalue weighted by Gasteiger charge is 2.20. The maximum absolute atomic E-state index is 11.1. The Bertz CT molecular complexity index is 217. The molecule has 1 rings (SSSR count). The molecule has 0 radical (unpaired) electrons. The van der Waals surface area contributed by atoms with Gasteiger partial charge in [0.15, 0.2) is 0 Å². The molecule has 0 bridgehead atoms. The summed E-state index contributed by atoms with van der Waals surface area (Å²) in [7, 11) is 3.43. The first kappa shape index (κ1) is 13.4. The van der Waals surface area contributed by atoms with Crippen LogP contribution in [-0.2, 0) is 14.3 Å². The van der Waals surface area contributed by atoms with Crippen molar-refractivity contribution in [3.63, 3.8) is 0 Å². The van der Waals surface area contributed by atoms with E-state index in [0.29, 0.717) is 12.5 Å². The quantitative estimate of drug-likeness (QED) is 0.673. The van der Waals surface area contributed by atoms with E-state index < -0.39 is 6.04 Å². The van der Waals surface area contributed by atoms with E-state index in [-0.39, 0.29) is 5.97 Å². The minimum atomic E-state index is -0.507. The van der Waals surface area contributed by atoms with E-state index >= 15 is 0 Å². The lowest BCUT2D eigenvalue weighted by molar-refractivity contribution is -0.142. The Kier molecular flexibility index (Phi) is 5.73. The van der Waals surface area contributed by atoms with Crippen molar-refractivity contribution in [1.29, 1.82) is 0 Å². The Labute approximate surface area is 96.9 Å². The van der Waals surface area contributed by atoms with Crippen LogP contribution in [0.2, 0.25) is 0 Å². The van der Waals surface area contributed by atoms with Crippen LogP contribution in [0.4, 0.5) is 0 Å². The normalized spacial score (nSPS) is 19.8. The Morgan fingerprint density at radius 1 is 1.56 bits per heavy atom. The molecule has 0 spiro atoms. The highest BCUT2D eigenvalue weighted by atomic mass is 16.5. The van der Waals surface area contributed by atoms with Crippen molar-refractivity contribution in [3.05, 3.63) is 0 Å². The minimum absolute atomic E-state index is 0.333. The maximum atomic E-state index is 11.1. The van der Waals surface area contributed by atoms with E-state index in [9.17, 15) is 4.79 Å². The number of ether oxygens (including phenoxy) is 2. The van der Waals surface area contributed by atoms with Crippen molar-refractivity contribution >= 4 is 5.97 Å². The highest BCUT2D eigenvalue weighted by molar-refractivity contribution is 5.75. The molecule has 1 fully saturated rings. The molecule has 2 N–H and O–H groups in total. The van der Waals surface area contributed by atoms with E-state index in [1.165, 1.54) is 7.11 Å². The van der Waals surface area contributed by atoms with Crippen molar-refractivity contribution in [3.8, 4) is 0 Å². The third-order valence-corrected chi connectivity index (χ3v) is 3.11. The average molecular weight is 230 g/mol. The third-order valence-electron chi connectivity index (χ3n) is 3.11. The second kappa shape index (κ2) is 6.83. The van der Waals surface area contributed by atoms with Crippen LogP contribution >= 0.6 is 0 Å². The van der Waals surface area contributed by atoms with E-state index in [1.54, 1.807) is 0 Å². The van der Waals surface area contributed by atoms with Gasteiger partial charge in [-0.3, -0.25) is 4.79 Å². The van der Waals surface area contributed by atoms with E-state index in [0.717, 1.165) is 32.6 Å². The molecule has 0 aromatic rings. The summed E-state index contributed by atoms with van der Waals surface area (Å²) >= 11 is 0. The van der Waals surface area contributed by atoms with Crippen molar-refractivity contribution in [2.45, 2.75) is 31.3 Å². The number of esters is 1. The number of carbonyl (C=O) groups excluding carboxylic acids is 1. The Balaban J connectivity index is 2.23. The van der Waals surface area contributed by atoms with Crippen LogP contribution in [0.1, 0.15) is 19.3 Å². The molecule has 16 heavy (non-hydrogen) atoms. The summed E-state index contributed by atoms with van der Waals surface area (Å²) in [4.78, 5) is 13.4. The number of hydrogen-bond donors (Lipinski definition) is 1. The molecular formula is C11H22N2O3. The van der Waals surface area contributed by atoms with Gasteiger partial charge in [-0.2, -0.15) is 0 Å². The van der Waals surface area contributed by atoms with Gasteiger partial charge in [-0.15, -0.1) is 0 Å². The van der Waals surface area contributed by atoms with E-state index in [1.807, 2.05) is 0 Å². The molecular weight excluding hydrogens is 208 g/mol. The zero-order valence-corrected chi connectivity index (χ0v) is 10.1. The van der Waals surface area contributed by atoms with Crippen LogP contribution < -0.4 is 5.73 Å². The monoisotopic (exact) mass is 230 g/mol. The summed E-state index contributed by atoms with van der Waals surface area (Å²) in [5.41, 5.74) is 5.68. The Hall–Kier alpha value is -0.650. The second-order valence-corrected chi connectivity index (χ2v) is 4.24. The van der Waals surface area contributed by atoms with Crippen LogP contribution in [0.25, 0.3) is 0 Å². The molecule has 0 aromatic carbocycles. The smallest absolute Gasteiger partial charge is 0.322 e. The first-order valence-corrected chi connectivity index (χ1v) is 5.76. The molecule has 5 heteroatoms.